The van der Waals surface area contributed by atoms with Crippen LogP contribution in [0.1, 0.15) is 39.0 Å². The lowest BCUT2D eigenvalue weighted by molar-refractivity contribution is -0.146. The lowest BCUT2D eigenvalue weighted by atomic mass is 9.87. The summed E-state index contributed by atoms with van der Waals surface area (Å²) in [5, 5.41) is 0. The molecule has 0 N–H and O–H groups in total. The molecular weight excluding hydrogens is 176 g/mol. The summed E-state index contributed by atoms with van der Waals surface area (Å²) in [6.07, 6.45) is 6.37. The summed E-state index contributed by atoms with van der Waals surface area (Å²) in [4.78, 5) is 11.3. The van der Waals surface area contributed by atoms with Crippen LogP contribution in [0.15, 0.2) is 12.2 Å². The summed E-state index contributed by atoms with van der Waals surface area (Å²) in [7, 11) is 0. The molecule has 2 bridgehead atoms. The minimum absolute atomic E-state index is 0.172. The number of esters is 1. The van der Waals surface area contributed by atoms with Gasteiger partial charge in [-0.05, 0) is 38.0 Å². The SMILES string of the molecule is C=C(C)C(=O)OC1CC2CCC(C2)C1. The van der Waals surface area contributed by atoms with Crippen LogP contribution >= 0.6 is 0 Å². The van der Waals surface area contributed by atoms with Gasteiger partial charge >= 0.3 is 5.97 Å². The Bertz CT molecular complexity index is 245. The van der Waals surface area contributed by atoms with E-state index in [-0.39, 0.29) is 12.1 Å². The first-order valence-electron chi connectivity index (χ1n) is 5.51. The van der Waals surface area contributed by atoms with Crippen LogP contribution in [0, 0.1) is 11.8 Å². The summed E-state index contributed by atoms with van der Waals surface area (Å²) >= 11 is 0. The van der Waals surface area contributed by atoms with Crippen molar-refractivity contribution in [3.8, 4) is 0 Å². The van der Waals surface area contributed by atoms with Crippen LogP contribution in [0.5, 0.6) is 0 Å². The van der Waals surface area contributed by atoms with Gasteiger partial charge in [0.15, 0.2) is 0 Å². The fourth-order valence-electron chi connectivity index (χ4n) is 2.79. The largest absolute Gasteiger partial charge is 0.459 e. The monoisotopic (exact) mass is 194 g/mol. The third kappa shape index (κ3) is 1.99. The standard InChI is InChI=1S/C12H18O2/c1-8(2)12(13)14-11-6-9-3-4-10(5-9)7-11/h9-11H,1,3-7H2,2H3. The molecule has 0 saturated heterocycles. The quantitative estimate of drug-likeness (QED) is 0.499. The first-order valence-corrected chi connectivity index (χ1v) is 5.51. The van der Waals surface area contributed by atoms with Gasteiger partial charge in [0.1, 0.15) is 6.10 Å². The summed E-state index contributed by atoms with van der Waals surface area (Å²) < 4.78 is 5.40. The number of hydrogen-bond donors (Lipinski definition) is 0. The van der Waals surface area contributed by atoms with Crippen molar-refractivity contribution < 1.29 is 9.53 Å². The molecule has 2 nitrogen and oxygen atoms in total. The molecule has 0 amide bonds. The minimum Gasteiger partial charge on any atom is -0.459 e. The summed E-state index contributed by atoms with van der Waals surface area (Å²) in [5.41, 5.74) is 0.517. The van der Waals surface area contributed by atoms with E-state index in [4.69, 9.17) is 4.74 Å². The van der Waals surface area contributed by atoms with Gasteiger partial charge in [-0.15, -0.1) is 0 Å². The van der Waals surface area contributed by atoms with Crippen LogP contribution in [-0.2, 0) is 9.53 Å². The fourth-order valence-corrected chi connectivity index (χ4v) is 2.79. The summed E-state index contributed by atoms with van der Waals surface area (Å²) in [6.45, 7) is 5.31. The molecule has 0 spiro atoms. The van der Waals surface area contributed by atoms with Gasteiger partial charge in [-0.1, -0.05) is 19.4 Å². The number of ether oxygens (including phenoxy) is 1. The Hall–Kier alpha value is -0.790. The molecule has 2 aliphatic carbocycles. The molecule has 0 aliphatic heterocycles. The number of hydrogen-bond acceptors (Lipinski definition) is 2. The van der Waals surface area contributed by atoms with Crippen molar-refractivity contribution in [1.29, 1.82) is 0 Å². The second-order valence-electron chi connectivity index (χ2n) is 4.82. The highest BCUT2D eigenvalue weighted by Crippen LogP contribution is 2.42. The smallest absolute Gasteiger partial charge is 0.333 e. The maximum absolute atomic E-state index is 11.3. The van der Waals surface area contributed by atoms with Crippen LogP contribution in [0.25, 0.3) is 0 Å². The van der Waals surface area contributed by atoms with Gasteiger partial charge in [-0.2, -0.15) is 0 Å². The molecule has 0 aromatic carbocycles. The van der Waals surface area contributed by atoms with E-state index < -0.39 is 0 Å². The second-order valence-corrected chi connectivity index (χ2v) is 4.82. The second kappa shape index (κ2) is 3.76. The molecule has 0 aromatic rings. The highest BCUT2D eigenvalue weighted by atomic mass is 16.5. The Balaban J connectivity index is 1.88. The maximum Gasteiger partial charge on any atom is 0.333 e. The molecule has 0 heterocycles. The molecule has 2 rings (SSSR count). The van der Waals surface area contributed by atoms with Crippen LogP contribution in [0.3, 0.4) is 0 Å². The predicted molar refractivity (Wildman–Crippen MR) is 54.8 cm³/mol. The molecular formula is C12H18O2. The third-order valence-corrected chi connectivity index (χ3v) is 3.46. The highest BCUT2D eigenvalue weighted by molar-refractivity contribution is 5.87. The molecule has 0 aromatic heterocycles. The molecule has 2 atom stereocenters. The zero-order valence-corrected chi connectivity index (χ0v) is 8.79. The Morgan fingerprint density at radius 3 is 2.29 bits per heavy atom. The van der Waals surface area contributed by atoms with Crippen molar-refractivity contribution in [3.05, 3.63) is 12.2 Å². The van der Waals surface area contributed by atoms with E-state index >= 15 is 0 Å². The number of fused-ring (bicyclic) bond motifs is 2. The summed E-state index contributed by atoms with van der Waals surface area (Å²) in [5.74, 6) is 1.42. The summed E-state index contributed by atoms with van der Waals surface area (Å²) in [6, 6.07) is 0. The van der Waals surface area contributed by atoms with Gasteiger partial charge in [0.2, 0.25) is 0 Å². The van der Waals surface area contributed by atoms with E-state index in [1.165, 1.54) is 19.3 Å². The Morgan fingerprint density at radius 2 is 1.79 bits per heavy atom. The Kier molecular flexibility index (Phi) is 2.62. The molecule has 14 heavy (non-hydrogen) atoms. The minimum atomic E-state index is -0.212. The van der Waals surface area contributed by atoms with E-state index in [1.807, 2.05) is 0 Å². The van der Waals surface area contributed by atoms with E-state index in [2.05, 4.69) is 6.58 Å². The number of carbonyl (C=O) groups is 1. The van der Waals surface area contributed by atoms with Crippen LogP contribution < -0.4 is 0 Å². The Morgan fingerprint density at radius 1 is 1.21 bits per heavy atom. The van der Waals surface area contributed by atoms with Crippen molar-refractivity contribution in [1.82, 2.24) is 0 Å². The van der Waals surface area contributed by atoms with Crippen LogP contribution in [0.2, 0.25) is 0 Å². The lowest BCUT2D eigenvalue weighted by Crippen LogP contribution is -2.26. The van der Waals surface area contributed by atoms with Gasteiger partial charge in [0, 0.05) is 5.57 Å². The van der Waals surface area contributed by atoms with E-state index in [0.717, 1.165) is 24.7 Å². The molecule has 2 unspecified atom stereocenters. The van der Waals surface area contributed by atoms with Crippen molar-refractivity contribution in [2.24, 2.45) is 11.8 Å². The third-order valence-electron chi connectivity index (χ3n) is 3.46. The number of rotatable bonds is 2. The zero-order valence-electron chi connectivity index (χ0n) is 8.79. The fraction of sp³-hybridized carbons (Fsp3) is 0.750. The average molecular weight is 194 g/mol. The van der Waals surface area contributed by atoms with E-state index in [1.54, 1.807) is 6.92 Å². The van der Waals surface area contributed by atoms with Gasteiger partial charge in [0.05, 0.1) is 0 Å². The van der Waals surface area contributed by atoms with Crippen LogP contribution in [-0.4, -0.2) is 12.1 Å². The average Bonchev–Trinajstić information content (AvgIpc) is 2.45. The van der Waals surface area contributed by atoms with Crippen molar-refractivity contribution in [3.63, 3.8) is 0 Å². The zero-order chi connectivity index (χ0) is 10.1. The first-order chi connectivity index (χ1) is 6.65. The van der Waals surface area contributed by atoms with E-state index in [9.17, 15) is 4.79 Å². The Labute approximate surface area is 85.3 Å². The van der Waals surface area contributed by atoms with Crippen LogP contribution in [0.4, 0.5) is 0 Å². The van der Waals surface area contributed by atoms with Crippen molar-refractivity contribution >= 4 is 5.97 Å². The molecule has 2 fully saturated rings. The van der Waals surface area contributed by atoms with Gasteiger partial charge in [-0.25, -0.2) is 4.79 Å². The van der Waals surface area contributed by atoms with Crippen molar-refractivity contribution in [2.75, 3.05) is 0 Å². The molecule has 2 aliphatic rings. The van der Waals surface area contributed by atoms with Gasteiger partial charge < -0.3 is 4.74 Å². The molecule has 2 heteroatoms. The molecule has 78 valence electrons. The lowest BCUT2D eigenvalue weighted by Gasteiger charge is -2.27. The topological polar surface area (TPSA) is 26.3 Å². The highest BCUT2D eigenvalue weighted by Gasteiger charge is 2.35. The van der Waals surface area contributed by atoms with Gasteiger partial charge in [0.25, 0.3) is 0 Å². The maximum atomic E-state index is 11.3. The van der Waals surface area contributed by atoms with Gasteiger partial charge in [-0.3, -0.25) is 0 Å². The predicted octanol–water partition coefficient (Wildman–Crippen LogP) is 2.68. The van der Waals surface area contributed by atoms with E-state index in [0.29, 0.717) is 5.57 Å². The van der Waals surface area contributed by atoms with Crippen molar-refractivity contribution in [2.45, 2.75) is 45.1 Å². The number of carbonyl (C=O) groups excluding carboxylic acids is 1. The molecule has 0 radical (unpaired) electrons. The first kappa shape index (κ1) is 9.75. The molecule has 2 saturated carbocycles. The normalized spacial score (nSPS) is 35.4.